The highest BCUT2D eigenvalue weighted by molar-refractivity contribution is 8.00. The van der Waals surface area contributed by atoms with E-state index in [1.165, 1.54) is 11.8 Å². The number of nitrogens with zero attached hydrogens (tertiary/aromatic N) is 1. The third kappa shape index (κ3) is 5.24. The van der Waals surface area contributed by atoms with Crippen LogP contribution in [0.4, 0.5) is 19.1 Å². The number of halogens is 3. The van der Waals surface area contributed by atoms with Gasteiger partial charge in [0.15, 0.2) is 0 Å². The molecule has 21 heavy (non-hydrogen) atoms. The highest BCUT2D eigenvalue weighted by atomic mass is 32.2. The molecule has 0 radical (unpaired) electrons. The van der Waals surface area contributed by atoms with Crippen molar-refractivity contribution in [3.05, 3.63) is 11.9 Å². The number of hydrogen-bond acceptors (Lipinski definition) is 4. The standard InChI is InChI=1S/C12H16F3N3O2S/c13-12(14,15)9-5-16-11(17-9)18-10(19)7-21-6-8-3-1-2-4-20-8/h5,8H,1-4,6-7H2,(H2,16,17,18,19)/t8-/m0/s1. The number of aromatic nitrogens is 2. The molecule has 9 heteroatoms. The van der Waals surface area contributed by atoms with Crippen molar-refractivity contribution in [1.82, 2.24) is 9.97 Å². The predicted octanol–water partition coefficient (Wildman–Crippen LogP) is 2.67. The van der Waals surface area contributed by atoms with Crippen molar-refractivity contribution in [3.8, 4) is 0 Å². The summed E-state index contributed by atoms with van der Waals surface area (Å²) >= 11 is 1.40. The summed E-state index contributed by atoms with van der Waals surface area (Å²) in [5.74, 6) is 0.280. The number of H-pyrrole nitrogens is 1. The van der Waals surface area contributed by atoms with Gasteiger partial charge in [0.05, 0.1) is 18.1 Å². The van der Waals surface area contributed by atoms with E-state index >= 15 is 0 Å². The summed E-state index contributed by atoms with van der Waals surface area (Å²) < 4.78 is 42.6. The normalized spacial score (nSPS) is 19.5. The van der Waals surface area contributed by atoms with Crippen molar-refractivity contribution in [2.75, 3.05) is 23.4 Å². The minimum absolute atomic E-state index is 0.155. The third-order valence-corrected chi connectivity index (χ3v) is 4.02. The highest BCUT2D eigenvalue weighted by Gasteiger charge is 2.33. The topological polar surface area (TPSA) is 67.0 Å². The Labute approximate surface area is 124 Å². The molecule has 1 aromatic rings. The molecule has 2 N–H and O–H groups in total. The molecule has 0 unspecified atom stereocenters. The van der Waals surface area contributed by atoms with E-state index in [9.17, 15) is 18.0 Å². The number of carbonyl (C=O) groups is 1. The molecule has 0 saturated carbocycles. The molecule has 1 aliphatic rings. The van der Waals surface area contributed by atoms with Gasteiger partial charge in [-0.05, 0) is 19.3 Å². The Kier molecular flexibility index (Phi) is 5.51. The largest absolute Gasteiger partial charge is 0.432 e. The number of anilines is 1. The zero-order valence-electron chi connectivity index (χ0n) is 11.2. The Morgan fingerprint density at radius 1 is 1.52 bits per heavy atom. The maximum atomic E-state index is 12.3. The van der Waals surface area contributed by atoms with Gasteiger partial charge in [0.25, 0.3) is 0 Å². The first-order chi connectivity index (χ1) is 9.95. The molecule has 0 spiro atoms. The van der Waals surface area contributed by atoms with Crippen molar-refractivity contribution >= 4 is 23.6 Å². The van der Waals surface area contributed by atoms with Crippen LogP contribution in [0.2, 0.25) is 0 Å². The number of alkyl halides is 3. The van der Waals surface area contributed by atoms with Gasteiger partial charge in [-0.2, -0.15) is 13.2 Å². The lowest BCUT2D eigenvalue weighted by Crippen LogP contribution is -2.23. The average molecular weight is 323 g/mol. The first-order valence-corrected chi connectivity index (χ1v) is 7.72. The van der Waals surface area contributed by atoms with Crippen LogP contribution < -0.4 is 5.32 Å². The van der Waals surface area contributed by atoms with Crippen LogP contribution in [0.5, 0.6) is 0 Å². The van der Waals surface area contributed by atoms with Gasteiger partial charge in [-0.25, -0.2) is 4.98 Å². The fourth-order valence-electron chi connectivity index (χ4n) is 1.92. The number of nitrogens with one attached hydrogen (secondary N) is 2. The number of hydrogen-bond donors (Lipinski definition) is 2. The quantitative estimate of drug-likeness (QED) is 0.874. The Morgan fingerprint density at radius 3 is 2.95 bits per heavy atom. The van der Waals surface area contributed by atoms with E-state index in [4.69, 9.17) is 4.74 Å². The van der Waals surface area contributed by atoms with E-state index in [1.54, 1.807) is 0 Å². The fraction of sp³-hybridized carbons (Fsp3) is 0.667. The molecule has 0 bridgehead atoms. The van der Waals surface area contributed by atoms with E-state index in [1.807, 2.05) is 4.98 Å². The summed E-state index contributed by atoms with van der Waals surface area (Å²) in [6.45, 7) is 0.754. The zero-order valence-corrected chi connectivity index (χ0v) is 12.0. The van der Waals surface area contributed by atoms with Crippen LogP contribution in [0.25, 0.3) is 0 Å². The minimum atomic E-state index is -4.50. The molecule has 1 atom stereocenters. The second kappa shape index (κ2) is 7.17. The summed E-state index contributed by atoms with van der Waals surface area (Å²) in [5.41, 5.74) is -0.985. The number of ether oxygens (including phenoxy) is 1. The van der Waals surface area contributed by atoms with Crippen LogP contribution in [0.3, 0.4) is 0 Å². The summed E-state index contributed by atoms with van der Waals surface area (Å²) in [6.07, 6.45) is -0.494. The summed E-state index contributed by atoms with van der Waals surface area (Å²) in [5, 5.41) is 2.30. The molecule has 118 valence electrons. The van der Waals surface area contributed by atoms with E-state index in [0.29, 0.717) is 11.9 Å². The van der Waals surface area contributed by atoms with Crippen molar-refractivity contribution in [2.24, 2.45) is 0 Å². The Bertz CT molecular complexity index is 473. The monoisotopic (exact) mass is 323 g/mol. The Balaban J connectivity index is 1.70. The number of amides is 1. The molecule has 0 aromatic carbocycles. The van der Waals surface area contributed by atoms with Crippen molar-refractivity contribution in [1.29, 1.82) is 0 Å². The van der Waals surface area contributed by atoms with Gasteiger partial charge < -0.3 is 9.72 Å². The molecule has 1 aliphatic heterocycles. The minimum Gasteiger partial charge on any atom is -0.377 e. The van der Waals surface area contributed by atoms with E-state index in [0.717, 1.165) is 25.9 Å². The Morgan fingerprint density at radius 2 is 2.33 bits per heavy atom. The van der Waals surface area contributed by atoms with Gasteiger partial charge in [-0.15, -0.1) is 11.8 Å². The van der Waals surface area contributed by atoms with Gasteiger partial charge in [0.1, 0.15) is 5.69 Å². The van der Waals surface area contributed by atoms with Crippen LogP contribution in [0, 0.1) is 0 Å². The number of aromatic amines is 1. The molecule has 0 aliphatic carbocycles. The SMILES string of the molecule is O=C(CSC[C@@H]1CCCCO1)Nc1ncc(C(F)(F)F)[nH]1. The highest BCUT2D eigenvalue weighted by Crippen LogP contribution is 2.28. The Hall–Kier alpha value is -1.22. The number of thioether (sulfide) groups is 1. The molecule has 2 heterocycles. The van der Waals surface area contributed by atoms with Crippen molar-refractivity contribution in [2.45, 2.75) is 31.5 Å². The van der Waals surface area contributed by atoms with E-state index in [-0.39, 0.29) is 23.7 Å². The van der Waals surface area contributed by atoms with Gasteiger partial charge in [0, 0.05) is 12.4 Å². The number of carbonyl (C=O) groups excluding carboxylic acids is 1. The van der Waals surface area contributed by atoms with Crippen LogP contribution in [0.1, 0.15) is 25.0 Å². The second-order valence-corrected chi connectivity index (χ2v) is 5.73. The molecule has 1 fully saturated rings. The maximum Gasteiger partial charge on any atom is 0.432 e. The first-order valence-electron chi connectivity index (χ1n) is 6.56. The molecule has 1 saturated heterocycles. The van der Waals surface area contributed by atoms with Gasteiger partial charge in [-0.3, -0.25) is 10.1 Å². The summed E-state index contributed by atoms with van der Waals surface area (Å²) in [6, 6.07) is 0. The lowest BCUT2D eigenvalue weighted by molar-refractivity contribution is -0.140. The average Bonchev–Trinajstić information content (AvgIpc) is 2.88. The molecule has 5 nitrogen and oxygen atoms in total. The summed E-state index contributed by atoms with van der Waals surface area (Å²) in [7, 11) is 0. The van der Waals surface area contributed by atoms with Gasteiger partial charge >= 0.3 is 6.18 Å². The number of imidazole rings is 1. The maximum absolute atomic E-state index is 12.3. The van der Waals surface area contributed by atoms with Gasteiger partial charge in [-0.1, -0.05) is 0 Å². The lowest BCUT2D eigenvalue weighted by Gasteiger charge is -2.21. The number of rotatable bonds is 5. The first kappa shape index (κ1) is 16.2. The molecule has 1 aromatic heterocycles. The third-order valence-electron chi connectivity index (χ3n) is 2.95. The predicted molar refractivity (Wildman–Crippen MR) is 73.1 cm³/mol. The lowest BCUT2D eigenvalue weighted by atomic mass is 10.1. The molecule has 2 rings (SSSR count). The molecule has 1 amide bonds. The van der Waals surface area contributed by atoms with E-state index < -0.39 is 11.9 Å². The van der Waals surface area contributed by atoms with Crippen molar-refractivity contribution < 1.29 is 22.7 Å². The van der Waals surface area contributed by atoms with Crippen LogP contribution in [0.15, 0.2) is 6.20 Å². The molecular formula is C12H16F3N3O2S. The fourth-order valence-corrected chi connectivity index (χ4v) is 2.82. The van der Waals surface area contributed by atoms with Crippen LogP contribution in [-0.4, -0.2) is 40.1 Å². The van der Waals surface area contributed by atoms with Crippen LogP contribution >= 0.6 is 11.8 Å². The summed E-state index contributed by atoms with van der Waals surface area (Å²) in [4.78, 5) is 17.1. The van der Waals surface area contributed by atoms with E-state index in [2.05, 4.69) is 10.3 Å². The smallest absolute Gasteiger partial charge is 0.377 e. The van der Waals surface area contributed by atoms with Crippen LogP contribution in [-0.2, 0) is 15.7 Å². The van der Waals surface area contributed by atoms with Gasteiger partial charge in [0.2, 0.25) is 11.9 Å². The molecular weight excluding hydrogens is 307 g/mol. The second-order valence-electron chi connectivity index (χ2n) is 4.70. The zero-order chi connectivity index (χ0) is 15.3. The van der Waals surface area contributed by atoms with Crippen molar-refractivity contribution in [3.63, 3.8) is 0 Å².